The molecule has 1 unspecified atom stereocenters. The number of benzene rings is 1. The highest BCUT2D eigenvalue weighted by Gasteiger charge is 2.25. The summed E-state index contributed by atoms with van der Waals surface area (Å²) in [6.07, 6.45) is 3.04. The normalized spacial score (nSPS) is 12.1. The third kappa shape index (κ3) is 5.69. The number of rotatable bonds is 10. The summed E-state index contributed by atoms with van der Waals surface area (Å²) >= 11 is 0. The Morgan fingerprint density at radius 1 is 1.06 bits per heavy atom. The van der Waals surface area contributed by atoms with Crippen molar-refractivity contribution in [1.29, 1.82) is 0 Å². The van der Waals surface area contributed by atoms with Crippen molar-refractivity contribution in [3.8, 4) is 22.7 Å². The van der Waals surface area contributed by atoms with Crippen molar-refractivity contribution in [2.24, 2.45) is 5.92 Å². The molecular weight excluding hydrogens is 438 g/mol. The number of aromatic nitrogens is 3. The van der Waals surface area contributed by atoms with Crippen LogP contribution in [0, 0.1) is 5.92 Å². The minimum atomic E-state index is -1.11. The minimum absolute atomic E-state index is 0.0717. The molecule has 4 N–H and O–H groups in total. The molecule has 2 aromatic heterocycles. The molecule has 3 rings (SSSR count). The van der Waals surface area contributed by atoms with E-state index in [0.29, 0.717) is 16.8 Å². The maximum Gasteiger partial charge on any atom is 0.326 e. The van der Waals surface area contributed by atoms with Gasteiger partial charge in [-0.1, -0.05) is 39.8 Å². The number of hydrogen-bond donors (Lipinski definition) is 4. The fourth-order valence-corrected chi connectivity index (χ4v) is 3.40. The van der Waals surface area contributed by atoms with Crippen LogP contribution in [0.4, 0.5) is 0 Å². The molecule has 0 aliphatic carbocycles. The first kappa shape index (κ1) is 24.7. The Hall–Kier alpha value is -3.95. The lowest BCUT2D eigenvalue weighted by molar-refractivity contribution is -0.140. The summed E-state index contributed by atoms with van der Waals surface area (Å²) in [6.45, 7) is 7.44. The maximum atomic E-state index is 12.5. The van der Waals surface area contributed by atoms with Gasteiger partial charge in [-0.25, -0.2) is 9.78 Å². The van der Waals surface area contributed by atoms with Crippen molar-refractivity contribution in [2.45, 2.75) is 52.6 Å². The number of carboxylic acid groups (broad SMARTS) is 1. The summed E-state index contributed by atoms with van der Waals surface area (Å²) in [4.78, 5) is 40.4. The van der Waals surface area contributed by atoms with Crippen LogP contribution in [-0.2, 0) is 4.79 Å². The molecule has 0 aliphatic heterocycles. The summed E-state index contributed by atoms with van der Waals surface area (Å²) in [5.41, 5.74) is 1.99. The molecule has 0 spiro atoms. The molecular formula is C24H29N5O5. The smallest absolute Gasteiger partial charge is 0.326 e. The van der Waals surface area contributed by atoms with Gasteiger partial charge in [0, 0.05) is 17.2 Å². The molecule has 0 saturated carbocycles. The van der Waals surface area contributed by atoms with E-state index in [2.05, 4.69) is 25.8 Å². The fourth-order valence-electron chi connectivity index (χ4n) is 3.40. The summed E-state index contributed by atoms with van der Waals surface area (Å²) < 4.78 is 5.68. The van der Waals surface area contributed by atoms with Crippen LogP contribution < -0.4 is 10.6 Å². The zero-order valence-corrected chi connectivity index (χ0v) is 19.6. The van der Waals surface area contributed by atoms with Crippen LogP contribution in [0.25, 0.3) is 22.7 Å². The van der Waals surface area contributed by atoms with Crippen molar-refractivity contribution in [3.63, 3.8) is 0 Å². The predicted molar refractivity (Wildman–Crippen MR) is 125 cm³/mol. The third-order valence-electron chi connectivity index (χ3n) is 5.50. The molecule has 34 heavy (non-hydrogen) atoms. The van der Waals surface area contributed by atoms with Crippen molar-refractivity contribution in [2.75, 3.05) is 0 Å². The Morgan fingerprint density at radius 2 is 1.76 bits per heavy atom. The van der Waals surface area contributed by atoms with Gasteiger partial charge in [-0.05, 0) is 37.0 Å². The van der Waals surface area contributed by atoms with E-state index in [0.717, 1.165) is 12.8 Å². The van der Waals surface area contributed by atoms with Gasteiger partial charge in [-0.3, -0.25) is 14.7 Å². The first-order chi connectivity index (χ1) is 16.2. The standard InChI is InChI=1S/C24H29N5O5/c1-5-16(6-2)26-22(31)19-12-25-23(34-19)15-9-7-8-14(10-15)17-11-18(29-28-17)21(30)27-20(13(3)4)24(32)33/h7-13,16,20H,5-6H2,1-4H3,(H,26,31)(H,27,30)(H,28,29)(H,32,33). The lowest BCUT2D eigenvalue weighted by Gasteiger charge is -2.16. The van der Waals surface area contributed by atoms with Crippen LogP contribution in [0.1, 0.15) is 61.6 Å². The number of H-pyrrole nitrogens is 1. The van der Waals surface area contributed by atoms with Crippen molar-refractivity contribution in [3.05, 3.63) is 48.0 Å². The second kappa shape index (κ2) is 10.8. The minimum Gasteiger partial charge on any atom is -0.480 e. The van der Waals surface area contributed by atoms with Crippen molar-refractivity contribution >= 4 is 17.8 Å². The van der Waals surface area contributed by atoms with E-state index in [-0.39, 0.29) is 35.2 Å². The number of aliphatic carboxylic acids is 1. The molecule has 10 heteroatoms. The number of hydrogen-bond acceptors (Lipinski definition) is 6. The number of amides is 2. The Morgan fingerprint density at radius 3 is 2.41 bits per heavy atom. The second-order valence-electron chi connectivity index (χ2n) is 8.30. The molecule has 0 radical (unpaired) electrons. The summed E-state index contributed by atoms with van der Waals surface area (Å²) in [5.74, 6) is -1.86. The number of carbonyl (C=O) groups excluding carboxylic acids is 2. The van der Waals surface area contributed by atoms with Gasteiger partial charge < -0.3 is 20.2 Å². The lowest BCUT2D eigenvalue weighted by Crippen LogP contribution is -2.44. The summed E-state index contributed by atoms with van der Waals surface area (Å²) in [5, 5.41) is 21.5. The van der Waals surface area contributed by atoms with Crippen LogP contribution >= 0.6 is 0 Å². The SMILES string of the molecule is CCC(CC)NC(=O)c1cnc(-c2cccc(-c3cc(C(=O)NC(C(=O)O)C(C)C)n[nH]3)c2)o1. The van der Waals surface area contributed by atoms with E-state index in [4.69, 9.17) is 4.42 Å². The molecule has 0 bridgehead atoms. The zero-order valence-electron chi connectivity index (χ0n) is 19.6. The molecule has 180 valence electrons. The van der Waals surface area contributed by atoms with Gasteiger partial charge in [-0.15, -0.1) is 0 Å². The number of carbonyl (C=O) groups is 3. The van der Waals surface area contributed by atoms with E-state index in [1.54, 1.807) is 32.0 Å². The van der Waals surface area contributed by atoms with Gasteiger partial charge in [-0.2, -0.15) is 5.10 Å². The fraction of sp³-hybridized carbons (Fsp3) is 0.375. The molecule has 1 aromatic carbocycles. The van der Waals surface area contributed by atoms with Gasteiger partial charge in [0.25, 0.3) is 11.8 Å². The zero-order chi connectivity index (χ0) is 24.8. The maximum absolute atomic E-state index is 12.5. The highest BCUT2D eigenvalue weighted by molar-refractivity contribution is 5.96. The van der Waals surface area contributed by atoms with E-state index >= 15 is 0 Å². The lowest BCUT2D eigenvalue weighted by atomic mass is 10.0. The number of oxazole rings is 1. The predicted octanol–water partition coefficient (Wildman–Crippen LogP) is 3.49. The van der Waals surface area contributed by atoms with E-state index in [1.165, 1.54) is 12.3 Å². The number of carboxylic acids is 1. The van der Waals surface area contributed by atoms with Gasteiger partial charge >= 0.3 is 5.97 Å². The van der Waals surface area contributed by atoms with Gasteiger partial charge in [0.1, 0.15) is 6.04 Å². The van der Waals surface area contributed by atoms with Crippen molar-refractivity contribution < 1.29 is 23.9 Å². The van der Waals surface area contributed by atoms with Crippen LogP contribution in [0.3, 0.4) is 0 Å². The van der Waals surface area contributed by atoms with Crippen LogP contribution in [0.5, 0.6) is 0 Å². The molecule has 0 aliphatic rings. The van der Waals surface area contributed by atoms with Crippen LogP contribution in [-0.4, -0.2) is 50.2 Å². The number of aromatic amines is 1. The third-order valence-corrected chi connectivity index (χ3v) is 5.50. The summed E-state index contributed by atoms with van der Waals surface area (Å²) in [6, 6.07) is 7.78. The van der Waals surface area contributed by atoms with Gasteiger partial charge in [0.15, 0.2) is 5.69 Å². The van der Waals surface area contributed by atoms with Crippen molar-refractivity contribution in [1.82, 2.24) is 25.8 Å². The molecule has 0 fully saturated rings. The average Bonchev–Trinajstić information content (AvgIpc) is 3.51. The quantitative estimate of drug-likeness (QED) is 0.356. The first-order valence-corrected chi connectivity index (χ1v) is 11.2. The Balaban J connectivity index is 1.76. The Kier molecular flexibility index (Phi) is 7.83. The highest BCUT2D eigenvalue weighted by atomic mass is 16.4. The second-order valence-corrected chi connectivity index (χ2v) is 8.30. The molecule has 10 nitrogen and oxygen atoms in total. The Bertz CT molecular complexity index is 1160. The average molecular weight is 468 g/mol. The largest absolute Gasteiger partial charge is 0.480 e. The monoisotopic (exact) mass is 467 g/mol. The van der Waals surface area contributed by atoms with E-state index in [1.807, 2.05) is 19.9 Å². The highest BCUT2D eigenvalue weighted by Crippen LogP contribution is 2.26. The number of nitrogens with one attached hydrogen (secondary N) is 3. The topological polar surface area (TPSA) is 150 Å². The van der Waals surface area contributed by atoms with Gasteiger partial charge in [0.05, 0.1) is 11.9 Å². The van der Waals surface area contributed by atoms with Gasteiger partial charge in [0.2, 0.25) is 11.7 Å². The molecule has 1 atom stereocenters. The molecule has 2 amide bonds. The van der Waals surface area contributed by atoms with Crippen LogP contribution in [0.15, 0.2) is 40.9 Å². The molecule has 2 heterocycles. The first-order valence-electron chi connectivity index (χ1n) is 11.2. The molecule has 3 aromatic rings. The molecule has 0 saturated heterocycles. The van der Waals surface area contributed by atoms with E-state index < -0.39 is 17.9 Å². The summed E-state index contributed by atoms with van der Waals surface area (Å²) in [7, 11) is 0. The van der Waals surface area contributed by atoms with E-state index in [9.17, 15) is 19.5 Å². The van der Waals surface area contributed by atoms with Crippen LogP contribution in [0.2, 0.25) is 0 Å². The Labute approximate surface area is 197 Å². The number of nitrogens with zero attached hydrogens (tertiary/aromatic N) is 2.